The van der Waals surface area contributed by atoms with Crippen LogP contribution in [0.25, 0.3) is 0 Å². The molecule has 1 heterocycles. The fourth-order valence-corrected chi connectivity index (χ4v) is 2.51. The minimum atomic E-state index is 0.262. The lowest BCUT2D eigenvalue weighted by Gasteiger charge is -2.16. The molecule has 0 N–H and O–H groups in total. The van der Waals surface area contributed by atoms with Crippen LogP contribution in [-0.4, -0.2) is 17.4 Å². The fraction of sp³-hybridized carbons (Fsp3) is 0.467. The lowest BCUT2D eigenvalue weighted by Crippen LogP contribution is -2.24. The summed E-state index contributed by atoms with van der Waals surface area (Å²) in [5, 5.41) is 8.73. The van der Waals surface area contributed by atoms with Gasteiger partial charge in [-0.2, -0.15) is 5.26 Å². The molecule has 0 aromatic heterocycles. The molecule has 1 aromatic rings. The van der Waals surface area contributed by atoms with Crippen LogP contribution < -0.4 is 0 Å². The minimum absolute atomic E-state index is 0.262. The molecule has 1 saturated heterocycles. The summed E-state index contributed by atoms with van der Waals surface area (Å²) in [6.45, 7) is 3.71. The normalized spacial score (nSPS) is 19.0. The van der Waals surface area contributed by atoms with Crippen molar-refractivity contribution >= 4 is 5.91 Å². The molecule has 18 heavy (non-hydrogen) atoms. The molecule has 94 valence electrons. The molecule has 1 atom stereocenters. The van der Waals surface area contributed by atoms with E-state index in [2.05, 4.69) is 13.0 Å². The van der Waals surface area contributed by atoms with Crippen molar-refractivity contribution in [2.24, 2.45) is 5.92 Å². The van der Waals surface area contributed by atoms with E-state index in [1.54, 1.807) is 12.1 Å². The Hall–Kier alpha value is -1.82. The maximum Gasteiger partial charge on any atom is 0.223 e. The summed E-state index contributed by atoms with van der Waals surface area (Å²) in [5.74, 6) is 0.790. The highest BCUT2D eigenvalue weighted by molar-refractivity contribution is 5.78. The molecule has 0 spiro atoms. The second-order valence-corrected chi connectivity index (χ2v) is 4.94. The number of hydrogen-bond acceptors (Lipinski definition) is 2. The van der Waals surface area contributed by atoms with Crippen LogP contribution >= 0.6 is 0 Å². The number of nitrogens with zero attached hydrogens (tertiary/aromatic N) is 2. The first-order valence-corrected chi connectivity index (χ1v) is 6.49. The Morgan fingerprint density at radius 2 is 2.11 bits per heavy atom. The topological polar surface area (TPSA) is 44.1 Å². The summed E-state index contributed by atoms with van der Waals surface area (Å²) in [7, 11) is 0. The summed E-state index contributed by atoms with van der Waals surface area (Å²) in [6, 6.07) is 9.57. The second kappa shape index (κ2) is 5.68. The van der Waals surface area contributed by atoms with E-state index >= 15 is 0 Å². The third kappa shape index (κ3) is 2.89. The summed E-state index contributed by atoms with van der Waals surface area (Å²) >= 11 is 0. The van der Waals surface area contributed by atoms with Gasteiger partial charge in [-0.05, 0) is 30.0 Å². The summed E-state index contributed by atoms with van der Waals surface area (Å²) in [4.78, 5) is 13.8. The maximum atomic E-state index is 11.9. The Labute approximate surface area is 108 Å². The van der Waals surface area contributed by atoms with Crippen molar-refractivity contribution in [3.05, 3.63) is 35.4 Å². The van der Waals surface area contributed by atoms with Gasteiger partial charge >= 0.3 is 0 Å². The van der Waals surface area contributed by atoms with Gasteiger partial charge in [0.15, 0.2) is 0 Å². The maximum absolute atomic E-state index is 11.9. The van der Waals surface area contributed by atoms with Gasteiger partial charge in [-0.3, -0.25) is 4.79 Å². The molecule has 1 fully saturated rings. The zero-order chi connectivity index (χ0) is 13.0. The lowest BCUT2D eigenvalue weighted by molar-refractivity contribution is -0.128. The highest BCUT2D eigenvalue weighted by Crippen LogP contribution is 2.23. The van der Waals surface area contributed by atoms with Crippen LogP contribution in [0.2, 0.25) is 0 Å². The molecule has 2 rings (SSSR count). The van der Waals surface area contributed by atoms with Gasteiger partial charge in [0.25, 0.3) is 0 Å². The molecule has 0 bridgehead atoms. The number of carbonyl (C=O) groups excluding carboxylic acids is 1. The van der Waals surface area contributed by atoms with Crippen molar-refractivity contribution in [2.75, 3.05) is 6.54 Å². The van der Waals surface area contributed by atoms with Gasteiger partial charge in [-0.1, -0.05) is 25.5 Å². The van der Waals surface area contributed by atoms with Crippen LogP contribution in [0.5, 0.6) is 0 Å². The van der Waals surface area contributed by atoms with E-state index < -0.39 is 0 Å². The van der Waals surface area contributed by atoms with Gasteiger partial charge in [0, 0.05) is 19.5 Å². The van der Waals surface area contributed by atoms with E-state index in [1.807, 2.05) is 17.0 Å². The predicted molar refractivity (Wildman–Crippen MR) is 69.6 cm³/mol. The van der Waals surface area contributed by atoms with Crippen molar-refractivity contribution < 1.29 is 4.79 Å². The Bertz CT molecular complexity index is 458. The molecule has 0 saturated carbocycles. The van der Waals surface area contributed by atoms with Gasteiger partial charge in [0.1, 0.15) is 0 Å². The van der Waals surface area contributed by atoms with E-state index in [0.29, 0.717) is 24.4 Å². The largest absolute Gasteiger partial charge is 0.338 e. The second-order valence-electron chi connectivity index (χ2n) is 4.94. The van der Waals surface area contributed by atoms with Gasteiger partial charge in [-0.15, -0.1) is 0 Å². The van der Waals surface area contributed by atoms with Gasteiger partial charge in [0.2, 0.25) is 5.91 Å². The third-order valence-electron chi connectivity index (χ3n) is 3.45. The Balaban J connectivity index is 1.97. The average molecular weight is 242 g/mol. The molecule has 3 nitrogen and oxygen atoms in total. The number of likely N-dealkylation sites (tertiary alicyclic amines) is 1. The smallest absolute Gasteiger partial charge is 0.223 e. The van der Waals surface area contributed by atoms with Gasteiger partial charge in [0.05, 0.1) is 11.6 Å². The van der Waals surface area contributed by atoms with Crippen LogP contribution in [0.4, 0.5) is 0 Å². The first-order valence-electron chi connectivity index (χ1n) is 6.49. The molecule has 3 heteroatoms. The minimum Gasteiger partial charge on any atom is -0.338 e. The molecule has 0 radical (unpaired) electrons. The number of rotatable bonds is 4. The van der Waals surface area contributed by atoms with E-state index in [-0.39, 0.29) is 5.91 Å². The van der Waals surface area contributed by atoms with Crippen LogP contribution in [0, 0.1) is 17.2 Å². The number of nitriles is 1. The van der Waals surface area contributed by atoms with Crippen LogP contribution in [0.1, 0.15) is 37.3 Å². The average Bonchev–Trinajstić information content (AvgIpc) is 2.71. The summed E-state index contributed by atoms with van der Waals surface area (Å²) in [5.41, 5.74) is 1.76. The van der Waals surface area contributed by atoms with Gasteiger partial charge in [-0.25, -0.2) is 0 Å². The predicted octanol–water partition coefficient (Wildman–Crippen LogP) is 2.71. The number of amides is 1. The van der Waals surface area contributed by atoms with Gasteiger partial charge < -0.3 is 4.90 Å². The number of carbonyl (C=O) groups is 1. The van der Waals surface area contributed by atoms with Crippen molar-refractivity contribution in [3.8, 4) is 6.07 Å². The Morgan fingerprint density at radius 3 is 2.72 bits per heavy atom. The number of hydrogen-bond donors (Lipinski definition) is 0. The molecular formula is C15H18N2O. The Morgan fingerprint density at radius 1 is 1.39 bits per heavy atom. The van der Waals surface area contributed by atoms with E-state index in [0.717, 1.165) is 24.9 Å². The monoisotopic (exact) mass is 242 g/mol. The van der Waals surface area contributed by atoms with Crippen molar-refractivity contribution in [3.63, 3.8) is 0 Å². The van der Waals surface area contributed by atoms with Crippen molar-refractivity contribution in [1.82, 2.24) is 4.90 Å². The summed E-state index contributed by atoms with van der Waals surface area (Å²) < 4.78 is 0. The van der Waals surface area contributed by atoms with E-state index in [4.69, 9.17) is 5.26 Å². The standard InChI is InChI=1S/C15H18N2O/c1-2-3-14-8-15(18)17(11-14)10-13-6-4-12(9-16)5-7-13/h4-7,14H,2-3,8,10-11H2,1H3. The van der Waals surface area contributed by atoms with Crippen LogP contribution in [0.15, 0.2) is 24.3 Å². The lowest BCUT2D eigenvalue weighted by atomic mass is 10.0. The van der Waals surface area contributed by atoms with E-state index in [9.17, 15) is 4.79 Å². The van der Waals surface area contributed by atoms with Crippen molar-refractivity contribution in [2.45, 2.75) is 32.7 Å². The first-order chi connectivity index (χ1) is 8.72. The highest BCUT2D eigenvalue weighted by atomic mass is 16.2. The zero-order valence-corrected chi connectivity index (χ0v) is 10.7. The molecule has 1 aliphatic heterocycles. The highest BCUT2D eigenvalue weighted by Gasteiger charge is 2.28. The molecule has 1 aliphatic rings. The fourth-order valence-electron chi connectivity index (χ4n) is 2.51. The number of benzene rings is 1. The first kappa shape index (κ1) is 12.6. The SMILES string of the molecule is CCCC1CC(=O)N(Cc2ccc(C#N)cc2)C1. The molecule has 1 amide bonds. The molecule has 1 unspecified atom stereocenters. The quantitative estimate of drug-likeness (QED) is 0.814. The summed E-state index contributed by atoms with van der Waals surface area (Å²) in [6.07, 6.45) is 2.97. The zero-order valence-electron chi connectivity index (χ0n) is 10.7. The molecular weight excluding hydrogens is 224 g/mol. The van der Waals surface area contributed by atoms with E-state index in [1.165, 1.54) is 0 Å². The Kier molecular flexibility index (Phi) is 3.99. The third-order valence-corrected chi connectivity index (χ3v) is 3.45. The molecule has 0 aliphatic carbocycles. The molecule has 1 aromatic carbocycles. The van der Waals surface area contributed by atoms with Crippen molar-refractivity contribution in [1.29, 1.82) is 5.26 Å². The van der Waals surface area contributed by atoms with Crippen LogP contribution in [-0.2, 0) is 11.3 Å². The van der Waals surface area contributed by atoms with Crippen LogP contribution in [0.3, 0.4) is 0 Å².